The molecule has 0 saturated carbocycles. The number of pyridine rings is 1. The number of carbonyl (C=O) groups excluding carboxylic acids is 1. The standard InChI is InChI=1S/C14H19N3O3/c1-15-11-5-4-10(9-17-6-2-3-12(17)18)13(16-11)14-19-7-8-20-14/h4-5,14H,2-3,6-9H2,1H3,(H,15,16). The fourth-order valence-electron chi connectivity index (χ4n) is 2.57. The molecule has 0 aromatic carbocycles. The van der Waals surface area contributed by atoms with Crippen LogP contribution in [0.4, 0.5) is 5.82 Å². The van der Waals surface area contributed by atoms with Gasteiger partial charge in [0, 0.05) is 26.6 Å². The Morgan fingerprint density at radius 2 is 2.20 bits per heavy atom. The van der Waals surface area contributed by atoms with Crippen molar-refractivity contribution in [3.8, 4) is 0 Å². The van der Waals surface area contributed by atoms with Gasteiger partial charge in [0.2, 0.25) is 12.2 Å². The Hall–Kier alpha value is -1.66. The molecule has 2 aliphatic rings. The Labute approximate surface area is 118 Å². The van der Waals surface area contributed by atoms with Gasteiger partial charge in [-0.3, -0.25) is 4.79 Å². The minimum atomic E-state index is -0.420. The van der Waals surface area contributed by atoms with Gasteiger partial charge in [-0.15, -0.1) is 0 Å². The van der Waals surface area contributed by atoms with Crippen molar-refractivity contribution in [2.45, 2.75) is 25.7 Å². The van der Waals surface area contributed by atoms with E-state index in [1.54, 1.807) is 0 Å². The van der Waals surface area contributed by atoms with Crippen LogP contribution in [0.25, 0.3) is 0 Å². The van der Waals surface area contributed by atoms with Crippen LogP contribution in [0.2, 0.25) is 0 Å². The summed E-state index contributed by atoms with van der Waals surface area (Å²) >= 11 is 0. The molecular weight excluding hydrogens is 258 g/mol. The molecule has 0 spiro atoms. The molecule has 0 bridgehead atoms. The summed E-state index contributed by atoms with van der Waals surface area (Å²) in [6.07, 6.45) is 1.16. The van der Waals surface area contributed by atoms with Gasteiger partial charge in [-0.2, -0.15) is 0 Å². The lowest BCUT2D eigenvalue weighted by Gasteiger charge is -2.20. The molecule has 108 valence electrons. The molecule has 2 saturated heterocycles. The highest BCUT2D eigenvalue weighted by Crippen LogP contribution is 2.27. The number of likely N-dealkylation sites (tertiary alicyclic amines) is 1. The minimum absolute atomic E-state index is 0.210. The van der Waals surface area contributed by atoms with E-state index in [0.29, 0.717) is 26.2 Å². The first kappa shape index (κ1) is 13.3. The highest BCUT2D eigenvalue weighted by molar-refractivity contribution is 5.78. The summed E-state index contributed by atoms with van der Waals surface area (Å²) < 4.78 is 11.1. The summed E-state index contributed by atoms with van der Waals surface area (Å²) in [6, 6.07) is 3.90. The smallest absolute Gasteiger partial charge is 0.222 e. The van der Waals surface area contributed by atoms with Crippen molar-refractivity contribution in [1.82, 2.24) is 9.88 Å². The molecule has 1 aromatic heterocycles. The summed E-state index contributed by atoms with van der Waals surface area (Å²) in [7, 11) is 1.83. The maximum absolute atomic E-state index is 11.8. The van der Waals surface area contributed by atoms with Gasteiger partial charge in [0.1, 0.15) is 11.5 Å². The number of rotatable bonds is 4. The molecule has 1 aromatic rings. The lowest BCUT2D eigenvalue weighted by Crippen LogP contribution is -2.25. The Kier molecular flexibility index (Phi) is 3.84. The zero-order valence-electron chi connectivity index (χ0n) is 11.6. The first-order chi connectivity index (χ1) is 9.78. The van der Waals surface area contributed by atoms with Crippen LogP contribution in [0.15, 0.2) is 12.1 Å². The molecule has 3 heterocycles. The van der Waals surface area contributed by atoms with Gasteiger partial charge in [0.05, 0.1) is 13.2 Å². The summed E-state index contributed by atoms with van der Waals surface area (Å²) in [4.78, 5) is 18.2. The second-order valence-corrected chi connectivity index (χ2v) is 4.98. The van der Waals surface area contributed by atoms with Crippen LogP contribution < -0.4 is 5.32 Å². The summed E-state index contributed by atoms with van der Waals surface area (Å²) in [5.74, 6) is 0.984. The number of ether oxygens (including phenoxy) is 2. The van der Waals surface area contributed by atoms with Crippen LogP contribution in [-0.2, 0) is 20.8 Å². The maximum atomic E-state index is 11.8. The number of aromatic nitrogens is 1. The van der Waals surface area contributed by atoms with Crippen molar-refractivity contribution >= 4 is 11.7 Å². The lowest BCUT2D eigenvalue weighted by molar-refractivity contribution is -0.128. The second-order valence-electron chi connectivity index (χ2n) is 4.98. The highest BCUT2D eigenvalue weighted by Gasteiger charge is 2.26. The summed E-state index contributed by atoms with van der Waals surface area (Å²) in [6.45, 7) is 2.56. The largest absolute Gasteiger partial charge is 0.373 e. The first-order valence-corrected chi connectivity index (χ1v) is 6.96. The van der Waals surface area contributed by atoms with E-state index in [2.05, 4.69) is 10.3 Å². The fraction of sp³-hybridized carbons (Fsp3) is 0.571. The fourth-order valence-corrected chi connectivity index (χ4v) is 2.57. The second kappa shape index (κ2) is 5.76. The van der Waals surface area contributed by atoms with Crippen LogP contribution in [0.1, 0.15) is 30.4 Å². The Morgan fingerprint density at radius 3 is 2.85 bits per heavy atom. The molecule has 6 heteroatoms. The Balaban J connectivity index is 1.86. The van der Waals surface area contributed by atoms with E-state index in [4.69, 9.17) is 9.47 Å². The van der Waals surface area contributed by atoms with E-state index >= 15 is 0 Å². The molecule has 0 unspecified atom stereocenters. The third-order valence-electron chi connectivity index (χ3n) is 3.65. The van der Waals surface area contributed by atoms with Crippen molar-refractivity contribution < 1.29 is 14.3 Å². The molecule has 3 rings (SSSR count). The Bertz CT molecular complexity index is 500. The predicted molar refractivity (Wildman–Crippen MR) is 73.1 cm³/mol. The van der Waals surface area contributed by atoms with Crippen molar-refractivity contribution in [1.29, 1.82) is 0 Å². The highest BCUT2D eigenvalue weighted by atomic mass is 16.7. The van der Waals surface area contributed by atoms with Crippen LogP contribution in [0, 0.1) is 0 Å². The molecule has 20 heavy (non-hydrogen) atoms. The molecule has 2 aliphatic heterocycles. The van der Waals surface area contributed by atoms with Crippen LogP contribution in [-0.4, -0.2) is 42.6 Å². The number of nitrogens with one attached hydrogen (secondary N) is 1. The third kappa shape index (κ3) is 2.62. The number of hydrogen-bond donors (Lipinski definition) is 1. The van der Waals surface area contributed by atoms with Crippen LogP contribution in [0.5, 0.6) is 0 Å². The summed E-state index contributed by atoms with van der Waals surface area (Å²) in [5, 5.41) is 3.02. The molecule has 0 atom stereocenters. The quantitative estimate of drug-likeness (QED) is 0.898. The lowest BCUT2D eigenvalue weighted by atomic mass is 10.1. The molecule has 1 amide bonds. The number of hydrogen-bond acceptors (Lipinski definition) is 5. The molecule has 6 nitrogen and oxygen atoms in total. The average Bonchev–Trinajstić information content (AvgIpc) is 3.12. The van der Waals surface area contributed by atoms with Crippen LogP contribution in [0.3, 0.4) is 0 Å². The number of anilines is 1. The third-order valence-corrected chi connectivity index (χ3v) is 3.65. The number of nitrogens with zero attached hydrogens (tertiary/aromatic N) is 2. The first-order valence-electron chi connectivity index (χ1n) is 6.96. The van der Waals surface area contributed by atoms with Gasteiger partial charge >= 0.3 is 0 Å². The Morgan fingerprint density at radius 1 is 1.40 bits per heavy atom. The van der Waals surface area contributed by atoms with Gasteiger partial charge < -0.3 is 19.7 Å². The normalized spacial score (nSPS) is 19.9. The van der Waals surface area contributed by atoms with Crippen molar-refractivity contribution in [2.75, 3.05) is 32.1 Å². The number of carbonyl (C=O) groups is 1. The van der Waals surface area contributed by atoms with E-state index in [-0.39, 0.29) is 5.91 Å². The zero-order valence-corrected chi connectivity index (χ0v) is 11.6. The van der Waals surface area contributed by atoms with E-state index in [9.17, 15) is 4.79 Å². The van der Waals surface area contributed by atoms with E-state index < -0.39 is 6.29 Å². The molecule has 0 radical (unpaired) electrons. The molecule has 1 N–H and O–H groups in total. The van der Waals surface area contributed by atoms with Crippen LogP contribution >= 0.6 is 0 Å². The maximum Gasteiger partial charge on any atom is 0.222 e. The van der Waals surface area contributed by atoms with Gasteiger partial charge in [0.15, 0.2) is 0 Å². The van der Waals surface area contributed by atoms with Gasteiger partial charge in [-0.05, 0) is 18.1 Å². The monoisotopic (exact) mass is 277 g/mol. The zero-order chi connectivity index (χ0) is 13.9. The van der Waals surface area contributed by atoms with Crippen molar-refractivity contribution in [3.63, 3.8) is 0 Å². The SMILES string of the molecule is CNc1ccc(CN2CCCC2=O)c(C2OCCO2)n1. The van der Waals surface area contributed by atoms with E-state index in [1.807, 2.05) is 24.1 Å². The molecule has 0 aliphatic carbocycles. The van der Waals surface area contributed by atoms with E-state index in [0.717, 1.165) is 30.0 Å². The topological polar surface area (TPSA) is 63.7 Å². The molecular formula is C14H19N3O3. The van der Waals surface area contributed by atoms with Gasteiger partial charge in [-0.25, -0.2) is 4.98 Å². The average molecular weight is 277 g/mol. The number of amides is 1. The summed E-state index contributed by atoms with van der Waals surface area (Å²) in [5.41, 5.74) is 1.76. The van der Waals surface area contributed by atoms with Gasteiger partial charge in [0.25, 0.3) is 0 Å². The minimum Gasteiger partial charge on any atom is -0.373 e. The van der Waals surface area contributed by atoms with Gasteiger partial charge in [-0.1, -0.05) is 6.07 Å². The van der Waals surface area contributed by atoms with E-state index in [1.165, 1.54) is 0 Å². The molecule has 2 fully saturated rings. The van der Waals surface area contributed by atoms with Crippen molar-refractivity contribution in [3.05, 3.63) is 23.4 Å². The van der Waals surface area contributed by atoms with Crippen molar-refractivity contribution in [2.24, 2.45) is 0 Å². The predicted octanol–water partition coefficient (Wildman–Crippen LogP) is 1.29.